The molecule has 12 heteroatoms. The fraction of sp³-hybridized carbons (Fsp3) is 0.296. The second kappa shape index (κ2) is 9.62. The van der Waals surface area contributed by atoms with Gasteiger partial charge in [0.05, 0.1) is 11.3 Å². The Morgan fingerprint density at radius 2 is 1.85 bits per heavy atom. The standard InChI is InChI=1S/C27H28FN9O2/c1-16-24(25(29)38)39-17(2)37(16)20-5-6-22(28)21(12-20)26-32-27-31-14-19(15-36(27)33-26)18-4-7-23(30-13-18)35-10-8-34(3)9-11-35/h4-7,12-15,17H,8-11H2,1-3H3,(H2,29,38). The van der Waals surface area contributed by atoms with Gasteiger partial charge in [0.15, 0.2) is 12.1 Å². The first kappa shape index (κ1) is 24.7. The van der Waals surface area contributed by atoms with Crippen LogP contribution in [-0.4, -0.2) is 74.8 Å². The van der Waals surface area contributed by atoms with Crippen LogP contribution in [0.5, 0.6) is 0 Å². The monoisotopic (exact) mass is 529 g/mol. The smallest absolute Gasteiger partial charge is 0.285 e. The molecule has 0 spiro atoms. The van der Waals surface area contributed by atoms with Gasteiger partial charge >= 0.3 is 0 Å². The van der Waals surface area contributed by atoms with Crippen LogP contribution in [0.4, 0.5) is 15.9 Å². The number of carbonyl (C=O) groups excluding carboxylic acids is 1. The van der Waals surface area contributed by atoms with E-state index in [1.807, 2.05) is 18.3 Å². The van der Waals surface area contributed by atoms with Crippen LogP contribution >= 0.6 is 0 Å². The molecule has 1 fully saturated rings. The summed E-state index contributed by atoms with van der Waals surface area (Å²) in [4.78, 5) is 31.6. The number of anilines is 2. The molecule has 5 heterocycles. The molecule has 1 amide bonds. The minimum atomic E-state index is -0.655. The minimum absolute atomic E-state index is 0.0852. The van der Waals surface area contributed by atoms with Gasteiger partial charge in [-0.1, -0.05) is 0 Å². The zero-order chi connectivity index (χ0) is 27.3. The summed E-state index contributed by atoms with van der Waals surface area (Å²) in [6, 6.07) is 8.60. The van der Waals surface area contributed by atoms with E-state index in [1.165, 1.54) is 10.6 Å². The summed E-state index contributed by atoms with van der Waals surface area (Å²) in [6.07, 6.45) is 4.85. The number of carbonyl (C=O) groups is 1. The summed E-state index contributed by atoms with van der Waals surface area (Å²) in [7, 11) is 2.12. The second-order valence-corrected chi connectivity index (χ2v) is 9.75. The van der Waals surface area contributed by atoms with E-state index in [9.17, 15) is 9.18 Å². The Balaban J connectivity index is 1.29. The largest absolute Gasteiger partial charge is 0.463 e. The molecule has 2 aliphatic rings. The number of piperazine rings is 1. The highest BCUT2D eigenvalue weighted by Crippen LogP contribution is 2.34. The molecule has 1 aromatic carbocycles. The molecule has 2 N–H and O–H groups in total. The Kier molecular flexibility index (Phi) is 6.10. The van der Waals surface area contributed by atoms with Gasteiger partial charge in [0, 0.05) is 61.6 Å². The number of hydrogen-bond donors (Lipinski definition) is 1. The number of rotatable bonds is 5. The molecule has 2 aliphatic heterocycles. The van der Waals surface area contributed by atoms with E-state index in [1.54, 1.807) is 43.3 Å². The molecular weight excluding hydrogens is 501 g/mol. The molecule has 3 aromatic heterocycles. The first-order valence-corrected chi connectivity index (χ1v) is 12.7. The maximum absolute atomic E-state index is 15.0. The van der Waals surface area contributed by atoms with Crippen molar-refractivity contribution < 1.29 is 13.9 Å². The Bertz CT molecular complexity index is 1590. The SMILES string of the molecule is CC1=C(C(N)=O)OC(C)N1c1ccc(F)c(-c2nc3ncc(-c4ccc(N5CCN(C)CC5)nc4)cn3n2)c1. The van der Waals surface area contributed by atoms with Gasteiger partial charge in [0.1, 0.15) is 11.6 Å². The molecule has 0 radical (unpaired) electrons. The third kappa shape index (κ3) is 4.52. The molecule has 200 valence electrons. The maximum Gasteiger partial charge on any atom is 0.285 e. The lowest BCUT2D eigenvalue weighted by Crippen LogP contribution is -2.44. The Morgan fingerprint density at radius 3 is 2.54 bits per heavy atom. The number of pyridine rings is 1. The number of nitrogens with zero attached hydrogens (tertiary/aromatic N) is 8. The van der Waals surface area contributed by atoms with Crippen LogP contribution in [0, 0.1) is 5.82 Å². The van der Waals surface area contributed by atoms with Crippen molar-refractivity contribution in [2.45, 2.75) is 20.1 Å². The molecular formula is C27H28FN9O2. The fourth-order valence-electron chi connectivity index (χ4n) is 4.99. The van der Waals surface area contributed by atoms with Gasteiger partial charge in [-0.05, 0) is 51.2 Å². The van der Waals surface area contributed by atoms with Crippen LogP contribution in [0.15, 0.2) is 60.4 Å². The summed E-state index contributed by atoms with van der Waals surface area (Å²) in [5.74, 6) is 0.421. The average Bonchev–Trinajstić information content (AvgIpc) is 3.49. The van der Waals surface area contributed by atoms with Crippen molar-refractivity contribution >= 4 is 23.2 Å². The van der Waals surface area contributed by atoms with Crippen LogP contribution < -0.4 is 15.5 Å². The summed E-state index contributed by atoms with van der Waals surface area (Å²) < 4.78 is 22.1. The molecule has 0 aliphatic carbocycles. The number of benzene rings is 1. The lowest BCUT2D eigenvalue weighted by atomic mass is 10.1. The van der Waals surface area contributed by atoms with E-state index in [-0.39, 0.29) is 17.1 Å². The highest BCUT2D eigenvalue weighted by molar-refractivity contribution is 5.92. The van der Waals surface area contributed by atoms with E-state index in [0.717, 1.165) is 43.1 Å². The number of primary amides is 1. The zero-order valence-corrected chi connectivity index (χ0v) is 21.9. The van der Waals surface area contributed by atoms with Gasteiger partial charge in [-0.25, -0.2) is 18.9 Å². The van der Waals surface area contributed by atoms with Gasteiger partial charge in [0.25, 0.3) is 11.7 Å². The predicted molar refractivity (Wildman–Crippen MR) is 144 cm³/mol. The molecule has 39 heavy (non-hydrogen) atoms. The molecule has 0 saturated carbocycles. The first-order chi connectivity index (χ1) is 18.8. The number of nitrogens with two attached hydrogens (primary N) is 1. The van der Waals surface area contributed by atoms with Crippen molar-refractivity contribution in [1.29, 1.82) is 0 Å². The van der Waals surface area contributed by atoms with Crippen molar-refractivity contribution in [2.75, 3.05) is 43.0 Å². The maximum atomic E-state index is 15.0. The molecule has 0 bridgehead atoms. The summed E-state index contributed by atoms with van der Waals surface area (Å²) in [5.41, 5.74) is 8.50. The third-order valence-electron chi connectivity index (χ3n) is 7.14. The van der Waals surface area contributed by atoms with E-state index in [4.69, 9.17) is 10.5 Å². The predicted octanol–water partition coefficient (Wildman–Crippen LogP) is 2.64. The van der Waals surface area contributed by atoms with Gasteiger partial charge in [-0.3, -0.25) is 4.79 Å². The van der Waals surface area contributed by atoms with Gasteiger partial charge in [-0.2, -0.15) is 4.98 Å². The molecule has 6 rings (SSSR count). The lowest BCUT2D eigenvalue weighted by molar-refractivity contribution is -0.118. The number of likely N-dealkylation sites (N-methyl/N-ethyl adjacent to an activating group) is 1. The first-order valence-electron chi connectivity index (χ1n) is 12.7. The van der Waals surface area contributed by atoms with Gasteiger partial charge in [0.2, 0.25) is 5.76 Å². The van der Waals surface area contributed by atoms with Gasteiger partial charge < -0.3 is 25.2 Å². The Labute approximate surface area is 224 Å². The van der Waals surface area contributed by atoms with Crippen molar-refractivity contribution in [2.24, 2.45) is 5.73 Å². The summed E-state index contributed by atoms with van der Waals surface area (Å²) >= 11 is 0. The van der Waals surface area contributed by atoms with E-state index >= 15 is 0 Å². The highest BCUT2D eigenvalue weighted by Gasteiger charge is 2.32. The van der Waals surface area contributed by atoms with Crippen LogP contribution in [0.1, 0.15) is 13.8 Å². The van der Waals surface area contributed by atoms with Crippen molar-refractivity contribution in [1.82, 2.24) is 29.5 Å². The highest BCUT2D eigenvalue weighted by atomic mass is 19.1. The van der Waals surface area contributed by atoms with Crippen LogP contribution in [0.3, 0.4) is 0 Å². The molecule has 1 atom stereocenters. The minimum Gasteiger partial charge on any atom is -0.463 e. The number of aromatic nitrogens is 5. The molecule has 1 unspecified atom stereocenters. The van der Waals surface area contributed by atoms with E-state index in [2.05, 4.69) is 36.9 Å². The Morgan fingerprint density at radius 1 is 1.08 bits per heavy atom. The number of fused-ring (bicyclic) bond motifs is 1. The second-order valence-electron chi connectivity index (χ2n) is 9.75. The normalized spacial score (nSPS) is 18.2. The number of allylic oxidation sites excluding steroid dienone is 1. The van der Waals surface area contributed by atoms with Crippen LogP contribution in [-0.2, 0) is 9.53 Å². The topological polar surface area (TPSA) is 118 Å². The van der Waals surface area contributed by atoms with Crippen LogP contribution in [0.2, 0.25) is 0 Å². The van der Waals surface area contributed by atoms with Crippen LogP contribution in [0.25, 0.3) is 28.3 Å². The third-order valence-corrected chi connectivity index (χ3v) is 7.14. The van der Waals surface area contributed by atoms with Crippen molar-refractivity contribution in [3.8, 4) is 22.5 Å². The molecule has 11 nitrogen and oxygen atoms in total. The number of amides is 1. The summed E-state index contributed by atoms with van der Waals surface area (Å²) in [6.45, 7) is 7.43. The zero-order valence-electron chi connectivity index (χ0n) is 21.9. The van der Waals surface area contributed by atoms with E-state index < -0.39 is 18.0 Å². The summed E-state index contributed by atoms with van der Waals surface area (Å²) in [5, 5.41) is 4.51. The lowest BCUT2D eigenvalue weighted by Gasteiger charge is -2.33. The molecule has 4 aromatic rings. The Hall–Kier alpha value is -4.58. The quantitative estimate of drug-likeness (QED) is 0.416. The van der Waals surface area contributed by atoms with E-state index in [0.29, 0.717) is 17.2 Å². The van der Waals surface area contributed by atoms with Crippen molar-refractivity contribution in [3.63, 3.8) is 0 Å². The van der Waals surface area contributed by atoms with Crippen molar-refractivity contribution in [3.05, 3.63) is 66.2 Å². The fourth-order valence-corrected chi connectivity index (χ4v) is 4.99. The average molecular weight is 530 g/mol. The number of halogens is 1. The number of ether oxygens (including phenoxy) is 1. The van der Waals surface area contributed by atoms with Gasteiger partial charge in [-0.15, -0.1) is 5.10 Å². The molecule has 1 saturated heterocycles. The number of hydrogen-bond acceptors (Lipinski definition) is 9.